The topological polar surface area (TPSA) is 40.5 Å². The quantitative estimate of drug-likeness (QED) is 0.826. The zero-order chi connectivity index (χ0) is 19.1. The summed E-state index contributed by atoms with van der Waals surface area (Å²) in [6, 6.07) is 8.02. The third-order valence-electron chi connectivity index (χ3n) is 4.21. The number of piperidine rings is 1. The van der Waals surface area contributed by atoms with Crippen molar-refractivity contribution >= 4 is 5.91 Å². The number of benzene rings is 1. The van der Waals surface area contributed by atoms with Crippen molar-refractivity contribution < 1.29 is 40.6 Å². The maximum atomic E-state index is 13.5. The molecule has 1 amide bonds. The monoisotopic (exact) mass is 373 g/mol. The van der Waals surface area contributed by atoms with Gasteiger partial charge in [0.25, 0.3) is 5.91 Å². The summed E-state index contributed by atoms with van der Waals surface area (Å²) < 4.78 is 89.3. The Morgan fingerprint density at radius 3 is 1.88 bits per heavy atom. The molecule has 1 heterocycles. The summed E-state index contributed by atoms with van der Waals surface area (Å²) in [7, 11) is 0. The zero-order valence-electron chi connectivity index (χ0n) is 12.7. The first-order chi connectivity index (χ1) is 11.3. The standard InChI is InChI=1S/C15H14F7NO2/c16-13(17,14(18,19)15(20,21)22)11(24)23-8-6-12(25,7-9-23)10-4-2-1-3-5-10/h1-5,25H,6-9H2. The molecule has 1 aliphatic rings. The van der Waals surface area contributed by atoms with Gasteiger partial charge in [-0.3, -0.25) is 4.79 Å². The summed E-state index contributed by atoms with van der Waals surface area (Å²) in [5, 5.41) is 10.5. The third kappa shape index (κ3) is 3.31. The van der Waals surface area contributed by atoms with Gasteiger partial charge in [0.1, 0.15) is 0 Å². The van der Waals surface area contributed by atoms with Gasteiger partial charge in [0, 0.05) is 13.1 Å². The van der Waals surface area contributed by atoms with Crippen LogP contribution in [0.1, 0.15) is 18.4 Å². The molecule has 140 valence electrons. The number of amides is 1. The molecule has 1 aromatic carbocycles. The Balaban J connectivity index is 2.14. The van der Waals surface area contributed by atoms with Crippen LogP contribution in [0.15, 0.2) is 30.3 Å². The minimum absolute atomic E-state index is 0.219. The molecule has 1 N–H and O–H groups in total. The van der Waals surface area contributed by atoms with E-state index >= 15 is 0 Å². The summed E-state index contributed by atoms with van der Waals surface area (Å²) in [4.78, 5) is 11.8. The van der Waals surface area contributed by atoms with Crippen LogP contribution in [0.4, 0.5) is 30.7 Å². The molecule has 0 aliphatic carbocycles. The van der Waals surface area contributed by atoms with Crippen molar-refractivity contribution in [3.63, 3.8) is 0 Å². The zero-order valence-corrected chi connectivity index (χ0v) is 12.7. The highest BCUT2D eigenvalue weighted by Gasteiger charge is 2.77. The molecular weight excluding hydrogens is 359 g/mol. The SMILES string of the molecule is O=C(N1CCC(O)(c2ccccc2)CC1)C(F)(F)C(F)(F)C(F)(F)F. The lowest BCUT2D eigenvalue weighted by molar-refractivity contribution is -0.346. The van der Waals surface area contributed by atoms with Crippen molar-refractivity contribution in [3.8, 4) is 0 Å². The highest BCUT2D eigenvalue weighted by molar-refractivity contribution is 5.85. The molecule has 1 aromatic rings. The lowest BCUT2D eigenvalue weighted by Crippen LogP contribution is -2.61. The first-order valence-electron chi connectivity index (χ1n) is 7.22. The maximum absolute atomic E-state index is 13.5. The van der Waals surface area contributed by atoms with Crippen LogP contribution in [0.25, 0.3) is 0 Å². The Morgan fingerprint density at radius 1 is 0.960 bits per heavy atom. The average Bonchev–Trinajstić information content (AvgIpc) is 2.54. The number of nitrogens with zero attached hydrogens (tertiary/aromatic N) is 1. The number of hydrogen-bond acceptors (Lipinski definition) is 2. The molecular formula is C15H14F7NO2. The van der Waals surface area contributed by atoms with Crippen molar-refractivity contribution in [1.29, 1.82) is 0 Å². The molecule has 0 unspecified atom stereocenters. The van der Waals surface area contributed by atoms with E-state index in [0.717, 1.165) is 0 Å². The molecule has 0 atom stereocenters. The molecule has 1 aliphatic heterocycles. The van der Waals surface area contributed by atoms with Crippen LogP contribution in [-0.4, -0.2) is 47.0 Å². The van der Waals surface area contributed by atoms with Gasteiger partial charge in [0.05, 0.1) is 5.60 Å². The van der Waals surface area contributed by atoms with Gasteiger partial charge in [-0.15, -0.1) is 0 Å². The number of hydrogen-bond donors (Lipinski definition) is 1. The van der Waals surface area contributed by atoms with Gasteiger partial charge in [-0.05, 0) is 18.4 Å². The molecule has 25 heavy (non-hydrogen) atoms. The number of likely N-dealkylation sites (tertiary alicyclic amines) is 1. The molecule has 0 spiro atoms. The van der Waals surface area contributed by atoms with Crippen LogP contribution < -0.4 is 0 Å². The van der Waals surface area contributed by atoms with E-state index in [1.807, 2.05) is 0 Å². The molecule has 1 fully saturated rings. The first-order valence-corrected chi connectivity index (χ1v) is 7.22. The highest BCUT2D eigenvalue weighted by atomic mass is 19.4. The number of halogens is 7. The largest absolute Gasteiger partial charge is 0.460 e. The molecule has 0 radical (unpaired) electrons. The third-order valence-corrected chi connectivity index (χ3v) is 4.21. The fourth-order valence-electron chi connectivity index (χ4n) is 2.63. The van der Waals surface area contributed by atoms with E-state index in [9.17, 15) is 40.6 Å². The fourth-order valence-corrected chi connectivity index (χ4v) is 2.63. The van der Waals surface area contributed by atoms with Crippen molar-refractivity contribution in [2.45, 2.75) is 36.5 Å². The lowest BCUT2D eigenvalue weighted by Gasteiger charge is -2.40. The summed E-state index contributed by atoms with van der Waals surface area (Å²) in [6.07, 6.45) is -7.10. The van der Waals surface area contributed by atoms with Gasteiger partial charge in [0.2, 0.25) is 0 Å². The number of rotatable bonds is 3. The number of aliphatic hydroxyl groups is 1. The van der Waals surface area contributed by atoms with Gasteiger partial charge < -0.3 is 10.0 Å². The van der Waals surface area contributed by atoms with Crippen LogP contribution in [0.3, 0.4) is 0 Å². The Bertz CT molecular complexity index is 623. The van der Waals surface area contributed by atoms with Gasteiger partial charge in [-0.2, -0.15) is 30.7 Å². The molecule has 10 heteroatoms. The highest BCUT2D eigenvalue weighted by Crippen LogP contribution is 2.47. The number of alkyl halides is 7. The van der Waals surface area contributed by atoms with Crippen molar-refractivity contribution in [2.75, 3.05) is 13.1 Å². The average molecular weight is 373 g/mol. The van der Waals surface area contributed by atoms with E-state index in [4.69, 9.17) is 0 Å². The van der Waals surface area contributed by atoms with E-state index in [0.29, 0.717) is 5.56 Å². The lowest BCUT2D eigenvalue weighted by atomic mass is 9.84. The summed E-state index contributed by atoms with van der Waals surface area (Å²) in [6.45, 7) is -1.15. The molecule has 0 bridgehead atoms. The molecule has 0 saturated carbocycles. The van der Waals surface area contributed by atoms with Gasteiger partial charge in [-0.1, -0.05) is 30.3 Å². The molecule has 1 saturated heterocycles. The maximum Gasteiger partial charge on any atom is 0.460 e. The van der Waals surface area contributed by atoms with Gasteiger partial charge in [0.15, 0.2) is 0 Å². The van der Waals surface area contributed by atoms with Crippen molar-refractivity contribution in [2.24, 2.45) is 0 Å². The van der Waals surface area contributed by atoms with Crippen LogP contribution in [0.5, 0.6) is 0 Å². The van der Waals surface area contributed by atoms with E-state index < -0.39 is 42.6 Å². The minimum atomic E-state index is -6.56. The first kappa shape index (κ1) is 19.5. The number of carbonyl (C=O) groups excluding carboxylic acids is 1. The fraction of sp³-hybridized carbons (Fsp3) is 0.533. The Kier molecular flexibility index (Phi) is 4.79. The van der Waals surface area contributed by atoms with E-state index in [2.05, 4.69) is 0 Å². The second-order valence-electron chi connectivity index (χ2n) is 5.84. The predicted molar refractivity (Wildman–Crippen MR) is 72.1 cm³/mol. The molecule has 3 nitrogen and oxygen atoms in total. The molecule has 2 rings (SSSR count). The van der Waals surface area contributed by atoms with Crippen LogP contribution in [-0.2, 0) is 10.4 Å². The number of carbonyl (C=O) groups is 1. The van der Waals surface area contributed by atoms with Gasteiger partial charge in [-0.25, -0.2) is 0 Å². The second-order valence-corrected chi connectivity index (χ2v) is 5.84. The van der Waals surface area contributed by atoms with E-state index in [-0.39, 0.29) is 17.7 Å². The van der Waals surface area contributed by atoms with Crippen molar-refractivity contribution in [3.05, 3.63) is 35.9 Å². The summed E-state index contributed by atoms with van der Waals surface area (Å²) in [5.74, 6) is -15.0. The summed E-state index contributed by atoms with van der Waals surface area (Å²) in [5.41, 5.74) is -1.03. The van der Waals surface area contributed by atoms with E-state index in [1.165, 1.54) is 0 Å². The smallest absolute Gasteiger partial charge is 0.385 e. The Morgan fingerprint density at radius 2 is 1.44 bits per heavy atom. The Hall–Kier alpha value is -1.84. The van der Waals surface area contributed by atoms with Crippen LogP contribution in [0, 0.1) is 0 Å². The summed E-state index contributed by atoms with van der Waals surface area (Å²) >= 11 is 0. The minimum Gasteiger partial charge on any atom is -0.385 e. The van der Waals surface area contributed by atoms with Gasteiger partial charge >= 0.3 is 18.0 Å². The normalized spacial score (nSPS) is 19.0. The second kappa shape index (κ2) is 6.15. The Labute approximate surface area is 138 Å². The van der Waals surface area contributed by atoms with Crippen molar-refractivity contribution in [1.82, 2.24) is 4.90 Å². The van der Waals surface area contributed by atoms with Crippen LogP contribution in [0.2, 0.25) is 0 Å². The van der Waals surface area contributed by atoms with E-state index in [1.54, 1.807) is 30.3 Å². The predicted octanol–water partition coefficient (Wildman–Crippen LogP) is 3.33. The van der Waals surface area contributed by atoms with Crippen LogP contribution >= 0.6 is 0 Å². The molecule has 0 aromatic heterocycles.